The van der Waals surface area contributed by atoms with Gasteiger partial charge in [-0.15, -0.1) is 0 Å². The highest BCUT2D eigenvalue weighted by Gasteiger charge is 2.51. The molecule has 0 spiro atoms. The van der Waals surface area contributed by atoms with Crippen LogP contribution in [-0.2, 0) is 18.4 Å². The van der Waals surface area contributed by atoms with E-state index in [0.717, 1.165) is 44.9 Å². The normalized spacial score (nSPS) is 21.5. The fourth-order valence-corrected chi connectivity index (χ4v) is 11.1. The smallest absolute Gasteiger partial charge is 0.393 e. The number of aliphatic hydroxyl groups is 7. The molecule has 424 valence electrons. The summed E-state index contributed by atoms with van der Waals surface area (Å²) in [5.74, 6) is -0.552. The van der Waals surface area contributed by atoms with Gasteiger partial charge in [0.05, 0.1) is 31.3 Å². The molecule has 1 saturated carbocycles. The van der Waals surface area contributed by atoms with Crippen LogP contribution in [0, 0.1) is 0 Å². The highest BCUT2D eigenvalue weighted by Crippen LogP contribution is 2.47. The molecule has 0 heterocycles. The Morgan fingerprint density at radius 2 is 0.704 bits per heavy atom. The molecule has 1 fully saturated rings. The lowest BCUT2D eigenvalue weighted by atomic mass is 9.85. The molecule has 0 bridgehead atoms. The topological polar surface area (TPSA) is 226 Å². The van der Waals surface area contributed by atoms with Gasteiger partial charge in [-0.1, -0.05) is 277 Å². The summed E-state index contributed by atoms with van der Waals surface area (Å²) in [5.41, 5.74) is 0. The van der Waals surface area contributed by atoms with Crippen LogP contribution in [0.25, 0.3) is 0 Å². The molecule has 0 saturated heterocycles. The van der Waals surface area contributed by atoms with Crippen LogP contribution in [0.5, 0.6) is 0 Å². The largest absolute Gasteiger partial charge is 0.472 e. The van der Waals surface area contributed by atoms with Crippen LogP contribution in [0.3, 0.4) is 0 Å². The van der Waals surface area contributed by atoms with Gasteiger partial charge in [0.2, 0.25) is 5.91 Å². The minimum absolute atomic E-state index is 0.215. The quantitative estimate of drug-likeness (QED) is 0.0205. The summed E-state index contributed by atoms with van der Waals surface area (Å²) in [7, 11) is -5.12. The zero-order valence-electron chi connectivity index (χ0n) is 45.7. The van der Waals surface area contributed by atoms with Crippen LogP contribution in [0.2, 0.25) is 0 Å². The number of unbranched alkanes of at least 4 members (excludes halogenated alkanes) is 39. The third kappa shape index (κ3) is 37.7. The Labute approximate surface area is 434 Å². The molecule has 0 aliphatic heterocycles. The van der Waals surface area contributed by atoms with E-state index >= 15 is 0 Å². The summed E-state index contributed by atoms with van der Waals surface area (Å²) in [5, 5.41) is 75.1. The molecule has 8 unspecified atom stereocenters. The molecule has 14 heteroatoms. The van der Waals surface area contributed by atoms with Crippen molar-refractivity contribution in [3.8, 4) is 0 Å². The number of amides is 1. The number of hydrogen-bond donors (Lipinski definition) is 9. The maximum absolute atomic E-state index is 13.1. The summed E-state index contributed by atoms with van der Waals surface area (Å²) in [4.78, 5) is 23.7. The molecule has 1 rings (SSSR count). The highest BCUT2D eigenvalue weighted by molar-refractivity contribution is 7.47. The van der Waals surface area contributed by atoms with Crippen LogP contribution in [0.15, 0.2) is 0 Å². The minimum Gasteiger partial charge on any atom is -0.393 e. The Morgan fingerprint density at radius 3 is 1.01 bits per heavy atom. The van der Waals surface area contributed by atoms with Crippen molar-refractivity contribution in [2.24, 2.45) is 0 Å². The molecule has 0 aromatic carbocycles. The maximum atomic E-state index is 13.1. The molecule has 71 heavy (non-hydrogen) atoms. The molecular weight excluding hydrogens is 922 g/mol. The van der Waals surface area contributed by atoms with Gasteiger partial charge in [-0.3, -0.25) is 13.8 Å². The van der Waals surface area contributed by atoms with Gasteiger partial charge in [-0.25, -0.2) is 4.57 Å². The molecule has 8 atom stereocenters. The lowest BCUT2D eigenvalue weighted by Gasteiger charge is -2.41. The molecular formula is C57H114NO12P. The summed E-state index contributed by atoms with van der Waals surface area (Å²) in [6.45, 7) is 3.86. The summed E-state index contributed by atoms with van der Waals surface area (Å²) in [6, 6.07) is -1.15. The van der Waals surface area contributed by atoms with Crippen molar-refractivity contribution in [1.82, 2.24) is 5.32 Å². The van der Waals surface area contributed by atoms with Crippen LogP contribution in [-0.4, -0.2) is 108 Å². The third-order valence-corrected chi connectivity index (χ3v) is 16.0. The van der Waals surface area contributed by atoms with Crippen molar-refractivity contribution in [3.05, 3.63) is 0 Å². The minimum atomic E-state index is -5.12. The lowest BCUT2D eigenvalue weighted by molar-refractivity contribution is -0.220. The van der Waals surface area contributed by atoms with Crippen LogP contribution < -0.4 is 5.32 Å². The van der Waals surface area contributed by atoms with E-state index < -0.39 is 75.2 Å². The van der Waals surface area contributed by atoms with Crippen molar-refractivity contribution >= 4 is 13.7 Å². The van der Waals surface area contributed by atoms with Gasteiger partial charge in [0.1, 0.15) is 36.6 Å². The van der Waals surface area contributed by atoms with Crippen LogP contribution in [0.4, 0.5) is 0 Å². The first kappa shape index (κ1) is 68.3. The van der Waals surface area contributed by atoms with Gasteiger partial charge in [-0.05, 0) is 12.8 Å². The van der Waals surface area contributed by atoms with E-state index in [0.29, 0.717) is 12.8 Å². The number of hydrogen-bond acceptors (Lipinski definition) is 11. The second-order valence-corrected chi connectivity index (χ2v) is 23.2. The number of phosphoric acid groups is 1. The first-order valence-electron chi connectivity index (χ1n) is 30.1. The Bertz CT molecular complexity index is 1220. The third-order valence-electron chi connectivity index (χ3n) is 15.0. The number of nitrogens with one attached hydrogen (secondary N) is 1. The van der Waals surface area contributed by atoms with Crippen molar-refractivity contribution < 1.29 is 59.0 Å². The molecule has 1 aliphatic rings. The first-order chi connectivity index (χ1) is 34.3. The second kappa shape index (κ2) is 46.6. The SMILES string of the molecule is CCCCCCCCCCCCCCCCCCCCCCCC(O)CC(=O)NC(COP(=O)(O)OC1C(O)C(O)C(O)C(O)C1O)C(O)CCCCCCCCCCCCCCCCCCCCCC. The fraction of sp³-hybridized carbons (Fsp3) is 0.982. The Kier molecular flexibility index (Phi) is 44.8. The monoisotopic (exact) mass is 1040 g/mol. The molecule has 1 aliphatic carbocycles. The Balaban J connectivity index is 2.36. The van der Waals surface area contributed by atoms with Gasteiger partial charge in [0, 0.05) is 0 Å². The van der Waals surface area contributed by atoms with Gasteiger partial charge >= 0.3 is 7.82 Å². The van der Waals surface area contributed by atoms with Crippen molar-refractivity contribution in [2.45, 2.75) is 351 Å². The van der Waals surface area contributed by atoms with E-state index in [4.69, 9.17) is 9.05 Å². The van der Waals surface area contributed by atoms with Crippen LogP contribution in [0.1, 0.15) is 296 Å². The fourth-order valence-electron chi connectivity index (χ4n) is 10.1. The van der Waals surface area contributed by atoms with Gasteiger partial charge < -0.3 is 46.0 Å². The number of phosphoric ester groups is 1. The lowest BCUT2D eigenvalue weighted by Crippen LogP contribution is -2.64. The zero-order chi connectivity index (χ0) is 52.2. The summed E-state index contributed by atoms with van der Waals surface area (Å²) < 4.78 is 23.1. The van der Waals surface area contributed by atoms with Crippen molar-refractivity contribution in [3.63, 3.8) is 0 Å². The van der Waals surface area contributed by atoms with Gasteiger partial charge in [-0.2, -0.15) is 0 Å². The van der Waals surface area contributed by atoms with E-state index in [2.05, 4.69) is 19.2 Å². The predicted octanol–water partition coefficient (Wildman–Crippen LogP) is 12.7. The maximum Gasteiger partial charge on any atom is 0.472 e. The number of carbonyl (C=O) groups excluding carboxylic acids is 1. The molecule has 0 aromatic heterocycles. The van der Waals surface area contributed by atoms with E-state index in [1.54, 1.807) is 0 Å². The first-order valence-corrected chi connectivity index (χ1v) is 31.6. The molecule has 0 radical (unpaired) electrons. The zero-order valence-corrected chi connectivity index (χ0v) is 46.6. The van der Waals surface area contributed by atoms with E-state index in [9.17, 15) is 50.0 Å². The Morgan fingerprint density at radius 1 is 0.437 bits per heavy atom. The number of rotatable bonds is 52. The molecule has 1 amide bonds. The average molecular weight is 1040 g/mol. The predicted molar refractivity (Wildman–Crippen MR) is 289 cm³/mol. The molecule has 0 aromatic rings. The summed E-state index contributed by atoms with van der Waals surface area (Å²) >= 11 is 0. The van der Waals surface area contributed by atoms with E-state index in [-0.39, 0.29) is 12.8 Å². The number of aliphatic hydroxyl groups excluding tert-OH is 7. The van der Waals surface area contributed by atoms with E-state index in [1.807, 2.05) is 0 Å². The second-order valence-electron chi connectivity index (χ2n) is 21.8. The van der Waals surface area contributed by atoms with Crippen molar-refractivity contribution in [2.75, 3.05) is 6.61 Å². The molecule has 9 N–H and O–H groups in total. The van der Waals surface area contributed by atoms with Gasteiger partial charge in [0.25, 0.3) is 0 Å². The standard InChI is InChI=1S/C57H114NO12P/c1-3-5-7-9-11-13-15-17-19-21-23-25-26-28-30-32-34-36-38-40-42-44-48(59)46-51(61)58-49(47-69-71(67,68)70-57-55(65)53(63)52(62)54(64)56(57)66)50(60)45-43-41-39-37-35-33-31-29-27-24-22-20-18-16-14-12-10-8-6-4-2/h48-50,52-57,59-60,62-66H,3-47H2,1-2H3,(H,58,61)(H,67,68). The van der Waals surface area contributed by atoms with E-state index in [1.165, 1.54) is 212 Å². The molecule has 13 nitrogen and oxygen atoms in total. The van der Waals surface area contributed by atoms with Crippen molar-refractivity contribution in [1.29, 1.82) is 0 Å². The summed E-state index contributed by atoms with van der Waals surface area (Å²) in [6.07, 6.45) is 38.6. The average Bonchev–Trinajstić information content (AvgIpc) is 3.35. The van der Waals surface area contributed by atoms with Crippen LogP contribution >= 0.6 is 7.82 Å². The van der Waals surface area contributed by atoms with Gasteiger partial charge in [0.15, 0.2) is 0 Å². The highest BCUT2D eigenvalue weighted by atomic mass is 31.2. The number of carbonyl (C=O) groups is 1. The Hall–Kier alpha value is -0.700.